The van der Waals surface area contributed by atoms with Crippen molar-refractivity contribution >= 4 is 17.1 Å². The molecule has 0 spiro atoms. The van der Waals surface area contributed by atoms with Crippen molar-refractivity contribution in [1.29, 1.82) is 0 Å². The van der Waals surface area contributed by atoms with Crippen LogP contribution in [0, 0.1) is 0 Å². The van der Waals surface area contributed by atoms with Crippen LogP contribution in [0.25, 0.3) is 22.3 Å². The molecule has 11 heteroatoms. The average molecular weight is 457 g/mol. The van der Waals surface area contributed by atoms with Crippen LogP contribution in [0.3, 0.4) is 0 Å². The van der Waals surface area contributed by atoms with Gasteiger partial charge >= 0.3 is 0 Å². The summed E-state index contributed by atoms with van der Waals surface area (Å²) in [5.74, 6) is 0.375. The summed E-state index contributed by atoms with van der Waals surface area (Å²) in [6.07, 6.45) is 6.02. The first-order chi connectivity index (χ1) is 15.9. The normalized spacial score (nSPS) is 21.2. The van der Waals surface area contributed by atoms with Gasteiger partial charge in [0.25, 0.3) is 6.43 Å². The highest BCUT2D eigenvalue weighted by Crippen LogP contribution is 2.34. The third-order valence-electron chi connectivity index (χ3n) is 6.32. The van der Waals surface area contributed by atoms with Crippen LogP contribution in [-0.4, -0.2) is 59.0 Å². The Kier molecular flexibility index (Phi) is 5.57. The number of aliphatic hydroxyl groups is 1. The molecule has 0 aliphatic heterocycles. The van der Waals surface area contributed by atoms with Crippen LogP contribution < -0.4 is 10.1 Å². The number of rotatable bonds is 7. The van der Waals surface area contributed by atoms with Gasteiger partial charge in [0.2, 0.25) is 11.8 Å². The first-order valence-corrected chi connectivity index (χ1v) is 11.0. The van der Waals surface area contributed by atoms with E-state index in [1.54, 1.807) is 21.4 Å². The van der Waals surface area contributed by atoms with Crippen LogP contribution in [0.5, 0.6) is 5.88 Å². The number of fused-ring (bicyclic) bond motifs is 2. The summed E-state index contributed by atoms with van der Waals surface area (Å²) in [5, 5.41) is 22.5. The highest BCUT2D eigenvalue weighted by atomic mass is 19.3. The van der Waals surface area contributed by atoms with E-state index in [9.17, 15) is 13.9 Å². The second kappa shape index (κ2) is 8.54. The van der Waals surface area contributed by atoms with Crippen molar-refractivity contribution in [3.05, 3.63) is 36.9 Å². The minimum absolute atomic E-state index is 0.0763. The van der Waals surface area contributed by atoms with Gasteiger partial charge in [-0.2, -0.15) is 10.1 Å². The summed E-state index contributed by atoms with van der Waals surface area (Å²) < 4.78 is 34.5. The number of aromatic nitrogens is 6. The number of nitrogens with zero attached hydrogens (tertiary/aromatic N) is 6. The third kappa shape index (κ3) is 4.32. The fourth-order valence-electron chi connectivity index (χ4n) is 4.34. The average Bonchev–Trinajstić information content (AvgIpc) is 3.45. The van der Waals surface area contributed by atoms with Crippen molar-refractivity contribution in [2.75, 3.05) is 11.9 Å². The SMILES string of the molecule is CCC1(O)CCC(Nc2nc(OCC(F)F)c3c(-c4ccc5ncnn5c4)ccn3n2)CC1. The molecule has 1 aliphatic rings. The minimum Gasteiger partial charge on any atom is -0.470 e. The molecule has 0 radical (unpaired) electrons. The molecule has 1 fully saturated rings. The van der Waals surface area contributed by atoms with E-state index in [1.165, 1.54) is 6.33 Å². The zero-order valence-electron chi connectivity index (χ0n) is 18.2. The van der Waals surface area contributed by atoms with Gasteiger partial charge in [-0.15, -0.1) is 5.10 Å². The van der Waals surface area contributed by atoms with Crippen molar-refractivity contribution < 1.29 is 18.6 Å². The van der Waals surface area contributed by atoms with E-state index in [0.29, 0.717) is 30.0 Å². The maximum atomic E-state index is 13.0. The Balaban J connectivity index is 1.48. The lowest BCUT2D eigenvalue weighted by atomic mass is 9.80. The molecule has 4 aromatic rings. The molecule has 0 bridgehead atoms. The van der Waals surface area contributed by atoms with Crippen LogP contribution in [0.15, 0.2) is 36.9 Å². The first-order valence-electron chi connectivity index (χ1n) is 11.0. The van der Waals surface area contributed by atoms with Crippen LogP contribution in [0.1, 0.15) is 39.0 Å². The van der Waals surface area contributed by atoms with E-state index in [0.717, 1.165) is 30.4 Å². The van der Waals surface area contributed by atoms with Crippen molar-refractivity contribution in [3.63, 3.8) is 0 Å². The fourth-order valence-corrected chi connectivity index (χ4v) is 4.34. The lowest BCUT2D eigenvalue weighted by Crippen LogP contribution is -2.38. The van der Waals surface area contributed by atoms with Crippen molar-refractivity contribution in [2.24, 2.45) is 0 Å². The van der Waals surface area contributed by atoms with E-state index >= 15 is 0 Å². The molecule has 5 rings (SSSR count). The number of alkyl halides is 2. The topological polar surface area (TPSA) is 102 Å². The van der Waals surface area contributed by atoms with Crippen LogP contribution in [0.2, 0.25) is 0 Å². The van der Waals surface area contributed by atoms with E-state index in [1.807, 2.05) is 25.1 Å². The number of ether oxygens (including phenoxy) is 1. The molecule has 0 amide bonds. The molecule has 0 saturated heterocycles. The van der Waals surface area contributed by atoms with E-state index < -0.39 is 18.6 Å². The number of anilines is 1. The second-order valence-corrected chi connectivity index (χ2v) is 8.44. The Morgan fingerprint density at radius 3 is 2.82 bits per heavy atom. The standard InChI is InChI=1S/C22H25F2N7O2/c1-2-22(32)8-5-15(6-9-22)27-21-28-20(33-12-17(23)24)19-16(7-10-30(19)29-21)14-3-4-18-25-13-26-31(18)11-14/h3-4,7,10-11,13,15,17,32H,2,5-6,8-9,12H2,1H3,(H,27,29). The predicted molar refractivity (Wildman–Crippen MR) is 118 cm³/mol. The monoisotopic (exact) mass is 457 g/mol. The smallest absolute Gasteiger partial charge is 0.272 e. The zero-order chi connectivity index (χ0) is 23.0. The molecule has 0 aromatic carbocycles. The van der Waals surface area contributed by atoms with Gasteiger partial charge in [0.15, 0.2) is 12.3 Å². The largest absolute Gasteiger partial charge is 0.470 e. The molecule has 1 aliphatic carbocycles. The number of hydrogen-bond acceptors (Lipinski definition) is 7. The van der Waals surface area contributed by atoms with E-state index in [4.69, 9.17) is 4.74 Å². The molecule has 33 heavy (non-hydrogen) atoms. The van der Waals surface area contributed by atoms with Gasteiger partial charge in [0, 0.05) is 29.6 Å². The number of hydrogen-bond donors (Lipinski definition) is 2. The van der Waals surface area contributed by atoms with Crippen molar-refractivity contribution in [1.82, 2.24) is 29.2 Å². The Morgan fingerprint density at radius 1 is 1.24 bits per heavy atom. The molecular formula is C22H25F2N7O2. The predicted octanol–water partition coefficient (Wildman–Crippen LogP) is 3.58. The highest BCUT2D eigenvalue weighted by molar-refractivity contribution is 5.84. The molecule has 4 aromatic heterocycles. The van der Waals surface area contributed by atoms with Gasteiger partial charge < -0.3 is 15.2 Å². The Hall–Kier alpha value is -3.34. The van der Waals surface area contributed by atoms with Gasteiger partial charge in [0.1, 0.15) is 11.8 Å². The van der Waals surface area contributed by atoms with Gasteiger partial charge in [-0.05, 0) is 50.3 Å². The molecular weight excluding hydrogens is 432 g/mol. The summed E-state index contributed by atoms with van der Waals surface area (Å²) in [7, 11) is 0. The van der Waals surface area contributed by atoms with Gasteiger partial charge in [-0.25, -0.2) is 22.8 Å². The minimum atomic E-state index is -2.63. The molecule has 9 nitrogen and oxygen atoms in total. The second-order valence-electron chi connectivity index (χ2n) is 8.44. The maximum Gasteiger partial charge on any atom is 0.272 e. The number of pyridine rings is 1. The van der Waals surface area contributed by atoms with E-state index in [-0.39, 0.29) is 11.9 Å². The lowest BCUT2D eigenvalue weighted by Gasteiger charge is -2.35. The van der Waals surface area contributed by atoms with Crippen molar-refractivity contribution in [2.45, 2.75) is 57.1 Å². The van der Waals surface area contributed by atoms with Gasteiger partial charge in [-0.1, -0.05) is 6.92 Å². The highest BCUT2D eigenvalue weighted by Gasteiger charge is 2.32. The number of nitrogens with one attached hydrogen (secondary N) is 1. The molecule has 4 heterocycles. The van der Waals surface area contributed by atoms with Crippen LogP contribution in [-0.2, 0) is 0 Å². The Morgan fingerprint density at radius 2 is 2.06 bits per heavy atom. The Labute approximate surface area is 188 Å². The fraction of sp³-hybridized carbons (Fsp3) is 0.455. The molecule has 2 N–H and O–H groups in total. The van der Waals surface area contributed by atoms with Crippen LogP contribution >= 0.6 is 0 Å². The molecule has 174 valence electrons. The lowest BCUT2D eigenvalue weighted by molar-refractivity contribution is -0.00199. The van der Waals surface area contributed by atoms with Gasteiger partial charge in [-0.3, -0.25) is 0 Å². The van der Waals surface area contributed by atoms with Crippen LogP contribution in [0.4, 0.5) is 14.7 Å². The summed E-state index contributed by atoms with van der Waals surface area (Å²) in [4.78, 5) is 8.58. The van der Waals surface area contributed by atoms with E-state index in [2.05, 4.69) is 25.5 Å². The quantitative estimate of drug-likeness (QED) is 0.437. The number of halogens is 2. The van der Waals surface area contributed by atoms with Gasteiger partial charge in [0.05, 0.1) is 5.60 Å². The third-order valence-corrected chi connectivity index (χ3v) is 6.32. The Bertz CT molecular complexity index is 1260. The molecule has 1 saturated carbocycles. The maximum absolute atomic E-state index is 13.0. The summed E-state index contributed by atoms with van der Waals surface area (Å²) in [6.45, 7) is 1.22. The summed E-state index contributed by atoms with van der Waals surface area (Å²) in [5.41, 5.74) is 2.10. The molecule has 0 unspecified atom stereocenters. The summed E-state index contributed by atoms with van der Waals surface area (Å²) >= 11 is 0. The molecule has 0 atom stereocenters. The van der Waals surface area contributed by atoms with Crippen molar-refractivity contribution in [3.8, 4) is 17.0 Å². The first kappa shape index (κ1) is 21.5. The zero-order valence-corrected chi connectivity index (χ0v) is 18.2. The summed E-state index contributed by atoms with van der Waals surface area (Å²) in [6, 6.07) is 5.62.